The monoisotopic (exact) mass is 254 g/mol. The van der Waals surface area contributed by atoms with Gasteiger partial charge in [0, 0.05) is 13.2 Å². The van der Waals surface area contributed by atoms with Crippen molar-refractivity contribution in [2.75, 3.05) is 13.2 Å². The van der Waals surface area contributed by atoms with Gasteiger partial charge in [0.1, 0.15) is 0 Å². The lowest BCUT2D eigenvalue weighted by Crippen LogP contribution is -2.19. The summed E-state index contributed by atoms with van der Waals surface area (Å²) in [5, 5.41) is 0. The average molecular weight is 254 g/mol. The van der Waals surface area contributed by atoms with Crippen LogP contribution < -0.4 is 0 Å². The van der Waals surface area contributed by atoms with Gasteiger partial charge in [-0.15, -0.1) is 0 Å². The summed E-state index contributed by atoms with van der Waals surface area (Å²) < 4.78 is 5.25. The van der Waals surface area contributed by atoms with Gasteiger partial charge >= 0.3 is 0 Å². The highest BCUT2D eigenvalue weighted by Gasteiger charge is 2.40. The Kier molecular flexibility index (Phi) is 6.70. The largest absolute Gasteiger partial charge is 0.381 e. The van der Waals surface area contributed by atoms with Gasteiger partial charge < -0.3 is 4.74 Å². The maximum Gasteiger partial charge on any atom is 0.0468 e. The smallest absolute Gasteiger partial charge is 0.0468 e. The van der Waals surface area contributed by atoms with Gasteiger partial charge in [0.2, 0.25) is 0 Å². The molecule has 1 aliphatic heterocycles. The minimum absolute atomic E-state index is 0.814. The van der Waals surface area contributed by atoms with E-state index in [0.717, 1.165) is 36.4 Å². The van der Waals surface area contributed by atoms with E-state index >= 15 is 0 Å². The quantitative estimate of drug-likeness (QED) is 0.662. The Bertz CT molecular complexity index is 210. The number of rotatable bonds is 4. The molecule has 0 atom stereocenters. The zero-order valence-electron chi connectivity index (χ0n) is 13.3. The summed E-state index contributed by atoms with van der Waals surface area (Å²) in [6, 6.07) is 0. The molecule has 0 aromatic heterocycles. The molecule has 0 aromatic rings. The van der Waals surface area contributed by atoms with Crippen molar-refractivity contribution in [1.29, 1.82) is 0 Å². The highest BCUT2D eigenvalue weighted by atomic mass is 16.5. The topological polar surface area (TPSA) is 9.23 Å². The zero-order chi connectivity index (χ0) is 13.6. The second-order valence-electron chi connectivity index (χ2n) is 7.15. The molecule has 1 saturated carbocycles. The Labute approximate surface area is 115 Å². The van der Waals surface area contributed by atoms with Crippen LogP contribution in [0.15, 0.2) is 0 Å². The van der Waals surface area contributed by atoms with Crippen molar-refractivity contribution < 1.29 is 4.74 Å². The minimum atomic E-state index is 0.814. The maximum absolute atomic E-state index is 5.25. The van der Waals surface area contributed by atoms with E-state index in [1.165, 1.54) is 38.5 Å². The molecule has 0 N–H and O–H groups in total. The van der Waals surface area contributed by atoms with Crippen LogP contribution in [-0.2, 0) is 4.74 Å². The Hall–Kier alpha value is -0.0400. The Balaban J connectivity index is 0.000000180. The highest BCUT2D eigenvalue weighted by molar-refractivity contribution is 4.91. The third-order valence-electron chi connectivity index (χ3n) is 4.76. The fourth-order valence-electron chi connectivity index (χ4n) is 3.13. The fourth-order valence-corrected chi connectivity index (χ4v) is 3.13. The van der Waals surface area contributed by atoms with Gasteiger partial charge in [-0.25, -0.2) is 0 Å². The highest BCUT2D eigenvalue weighted by Crippen LogP contribution is 2.53. The lowest BCUT2D eigenvalue weighted by molar-refractivity contribution is 0.0523. The van der Waals surface area contributed by atoms with E-state index in [-0.39, 0.29) is 0 Å². The molecule has 108 valence electrons. The molecule has 0 radical (unpaired) electrons. The lowest BCUT2D eigenvalue weighted by atomic mass is 9.89. The Morgan fingerprint density at radius 1 is 1.06 bits per heavy atom. The predicted molar refractivity (Wildman–Crippen MR) is 79.8 cm³/mol. The van der Waals surface area contributed by atoms with Crippen LogP contribution in [0, 0.1) is 23.2 Å². The van der Waals surface area contributed by atoms with Gasteiger partial charge in [-0.05, 0) is 55.3 Å². The molecule has 2 rings (SSSR count). The van der Waals surface area contributed by atoms with Gasteiger partial charge in [0.15, 0.2) is 0 Å². The van der Waals surface area contributed by atoms with Crippen LogP contribution in [0.2, 0.25) is 0 Å². The second-order valence-corrected chi connectivity index (χ2v) is 7.15. The molecule has 1 heterocycles. The van der Waals surface area contributed by atoms with E-state index in [1.807, 2.05) is 0 Å². The predicted octanol–water partition coefficient (Wildman–Crippen LogP) is 5.29. The van der Waals surface area contributed by atoms with Crippen molar-refractivity contribution in [3.8, 4) is 0 Å². The number of hydrogen-bond donors (Lipinski definition) is 0. The molecular formula is C17H34O. The van der Waals surface area contributed by atoms with Gasteiger partial charge in [0.05, 0.1) is 0 Å². The Morgan fingerprint density at radius 2 is 1.61 bits per heavy atom. The molecule has 0 unspecified atom stereocenters. The molecule has 2 fully saturated rings. The van der Waals surface area contributed by atoms with Crippen LogP contribution in [0.25, 0.3) is 0 Å². The summed E-state index contributed by atoms with van der Waals surface area (Å²) in [4.78, 5) is 0. The third-order valence-corrected chi connectivity index (χ3v) is 4.76. The molecule has 1 heteroatoms. The minimum Gasteiger partial charge on any atom is -0.381 e. The Morgan fingerprint density at radius 3 is 1.83 bits per heavy atom. The van der Waals surface area contributed by atoms with Gasteiger partial charge in [-0.3, -0.25) is 0 Å². The SMILES string of the molecule is CC(C)C1CCOCC1.CCC1(CC(C)C)CC1. The van der Waals surface area contributed by atoms with Crippen molar-refractivity contribution in [3.05, 3.63) is 0 Å². The summed E-state index contributed by atoms with van der Waals surface area (Å²) in [7, 11) is 0. The molecule has 1 aliphatic carbocycles. The summed E-state index contributed by atoms with van der Waals surface area (Å²) >= 11 is 0. The van der Waals surface area contributed by atoms with E-state index in [2.05, 4.69) is 34.6 Å². The second kappa shape index (κ2) is 7.53. The molecule has 1 nitrogen and oxygen atoms in total. The van der Waals surface area contributed by atoms with Crippen LogP contribution in [0.3, 0.4) is 0 Å². The maximum atomic E-state index is 5.25. The first-order chi connectivity index (χ1) is 8.49. The van der Waals surface area contributed by atoms with Gasteiger partial charge in [-0.1, -0.05) is 41.0 Å². The summed E-state index contributed by atoms with van der Waals surface area (Å²) in [6.45, 7) is 13.6. The zero-order valence-corrected chi connectivity index (χ0v) is 13.3. The molecule has 0 amide bonds. The van der Waals surface area contributed by atoms with Crippen molar-refractivity contribution >= 4 is 0 Å². The first-order valence-electron chi connectivity index (χ1n) is 8.07. The first-order valence-corrected chi connectivity index (χ1v) is 8.07. The normalized spacial score (nSPS) is 22.8. The van der Waals surface area contributed by atoms with E-state index in [9.17, 15) is 0 Å². The molecule has 0 aromatic carbocycles. The summed E-state index contributed by atoms with van der Waals surface area (Å²) in [6.07, 6.45) is 8.42. The summed E-state index contributed by atoms with van der Waals surface area (Å²) in [5.41, 5.74) is 0.814. The first kappa shape index (κ1) is 16.0. The van der Waals surface area contributed by atoms with Crippen LogP contribution >= 0.6 is 0 Å². The van der Waals surface area contributed by atoms with Crippen molar-refractivity contribution in [3.63, 3.8) is 0 Å². The molecule has 2 aliphatic rings. The van der Waals surface area contributed by atoms with E-state index in [0.29, 0.717) is 0 Å². The van der Waals surface area contributed by atoms with Crippen LogP contribution in [-0.4, -0.2) is 13.2 Å². The van der Waals surface area contributed by atoms with Crippen molar-refractivity contribution in [1.82, 2.24) is 0 Å². The third kappa shape index (κ3) is 5.73. The fraction of sp³-hybridized carbons (Fsp3) is 1.00. The standard InChI is InChI=1S/C9H18.C8H16O/c1-4-9(5-6-9)7-8(2)3;1-7(2)8-3-5-9-6-4-8/h8H,4-7H2,1-3H3;7-8H,3-6H2,1-2H3. The lowest BCUT2D eigenvalue weighted by Gasteiger charge is -2.24. The van der Waals surface area contributed by atoms with Gasteiger partial charge in [-0.2, -0.15) is 0 Å². The number of hydrogen-bond acceptors (Lipinski definition) is 1. The molecule has 1 saturated heterocycles. The number of ether oxygens (including phenoxy) is 1. The molecular weight excluding hydrogens is 220 g/mol. The molecule has 0 bridgehead atoms. The van der Waals surface area contributed by atoms with Crippen molar-refractivity contribution in [2.24, 2.45) is 23.2 Å². The van der Waals surface area contributed by atoms with Crippen LogP contribution in [0.5, 0.6) is 0 Å². The van der Waals surface area contributed by atoms with Crippen LogP contribution in [0.4, 0.5) is 0 Å². The average Bonchev–Trinajstić information content (AvgIpc) is 3.10. The molecule has 18 heavy (non-hydrogen) atoms. The molecule has 0 spiro atoms. The van der Waals surface area contributed by atoms with Gasteiger partial charge in [0.25, 0.3) is 0 Å². The summed E-state index contributed by atoms with van der Waals surface area (Å²) in [5.74, 6) is 2.69. The van der Waals surface area contributed by atoms with E-state index in [1.54, 1.807) is 0 Å². The van der Waals surface area contributed by atoms with Crippen molar-refractivity contribution in [2.45, 2.75) is 73.1 Å². The van der Waals surface area contributed by atoms with Crippen LogP contribution in [0.1, 0.15) is 73.1 Å². The van der Waals surface area contributed by atoms with E-state index in [4.69, 9.17) is 4.74 Å². The van der Waals surface area contributed by atoms with E-state index < -0.39 is 0 Å².